The highest BCUT2D eigenvalue weighted by Crippen LogP contribution is 2.25. The van der Waals surface area contributed by atoms with E-state index in [0.717, 1.165) is 9.13 Å². The fourth-order valence-corrected chi connectivity index (χ4v) is 2.97. The van der Waals surface area contributed by atoms with E-state index in [0.29, 0.717) is 5.02 Å². The maximum atomic E-state index is 12.5. The number of nitrogens with one attached hydrogen (secondary N) is 1. The summed E-state index contributed by atoms with van der Waals surface area (Å²) in [5.41, 5.74) is -0.798. The van der Waals surface area contributed by atoms with Crippen LogP contribution in [0.1, 0.15) is 0 Å². The average Bonchev–Trinajstić information content (AvgIpc) is 3.06. The fourth-order valence-electron chi connectivity index (χ4n) is 2.64. The highest BCUT2D eigenvalue weighted by Gasteiger charge is 2.18. The molecule has 0 aliphatic carbocycles. The van der Waals surface area contributed by atoms with Crippen LogP contribution in [-0.4, -0.2) is 37.2 Å². The van der Waals surface area contributed by atoms with Crippen LogP contribution < -0.4 is 16.6 Å². The van der Waals surface area contributed by atoms with Crippen LogP contribution in [0.5, 0.6) is 0 Å². The molecule has 0 atom stereocenters. The first-order valence-electron chi connectivity index (χ1n) is 8.20. The van der Waals surface area contributed by atoms with Crippen LogP contribution in [0.2, 0.25) is 10.0 Å². The third-order valence-corrected chi connectivity index (χ3v) is 4.62. The van der Waals surface area contributed by atoms with Gasteiger partial charge >= 0.3 is 11.7 Å². The van der Waals surface area contributed by atoms with Gasteiger partial charge in [0.05, 0.1) is 17.0 Å². The molecule has 10 nitrogen and oxygen atoms in total. The Labute approximate surface area is 173 Å². The fraction of sp³-hybridized carbons (Fsp3) is 0.235. The van der Waals surface area contributed by atoms with Crippen LogP contribution in [0, 0.1) is 0 Å². The predicted molar refractivity (Wildman–Crippen MR) is 106 cm³/mol. The van der Waals surface area contributed by atoms with Gasteiger partial charge in [0.2, 0.25) is 0 Å². The molecule has 2 aromatic heterocycles. The first kappa shape index (κ1) is 20.6. The van der Waals surface area contributed by atoms with Gasteiger partial charge in [-0.3, -0.25) is 19.0 Å². The molecule has 0 saturated heterocycles. The summed E-state index contributed by atoms with van der Waals surface area (Å²) in [6.07, 6.45) is 1.39. The number of carbonyl (C=O) groups is 2. The summed E-state index contributed by atoms with van der Waals surface area (Å²) in [4.78, 5) is 53.0. The summed E-state index contributed by atoms with van der Waals surface area (Å²) in [7, 11) is 3.02. The molecule has 0 spiro atoms. The third kappa shape index (κ3) is 4.17. The number of hydrogen-bond acceptors (Lipinski definition) is 6. The molecule has 152 valence electrons. The molecule has 3 aromatic rings. The molecule has 1 N–H and O–H groups in total. The lowest BCUT2D eigenvalue weighted by Gasteiger charge is -2.10. The number of rotatable bonds is 5. The van der Waals surface area contributed by atoms with Crippen molar-refractivity contribution in [2.24, 2.45) is 14.1 Å². The van der Waals surface area contributed by atoms with Crippen LogP contribution >= 0.6 is 23.2 Å². The summed E-state index contributed by atoms with van der Waals surface area (Å²) in [6.45, 7) is -1.29. The summed E-state index contributed by atoms with van der Waals surface area (Å²) >= 11 is 11.8. The van der Waals surface area contributed by atoms with Crippen molar-refractivity contribution in [3.05, 3.63) is 55.4 Å². The molecule has 29 heavy (non-hydrogen) atoms. The molecule has 0 aliphatic rings. The number of halogens is 2. The Hall–Kier alpha value is -3.11. The van der Waals surface area contributed by atoms with E-state index in [1.54, 1.807) is 13.1 Å². The number of nitrogens with zero attached hydrogens (tertiary/aromatic N) is 4. The quantitative estimate of drug-likeness (QED) is 0.590. The van der Waals surface area contributed by atoms with Gasteiger partial charge in [-0.2, -0.15) is 0 Å². The van der Waals surface area contributed by atoms with Gasteiger partial charge in [0.1, 0.15) is 6.54 Å². The van der Waals surface area contributed by atoms with E-state index >= 15 is 0 Å². The number of anilines is 1. The van der Waals surface area contributed by atoms with Gasteiger partial charge in [0.25, 0.3) is 11.5 Å². The van der Waals surface area contributed by atoms with Crippen molar-refractivity contribution in [1.82, 2.24) is 18.7 Å². The van der Waals surface area contributed by atoms with Gasteiger partial charge in [-0.15, -0.1) is 0 Å². The van der Waals surface area contributed by atoms with Gasteiger partial charge in [-0.25, -0.2) is 14.3 Å². The molecule has 0 bridgehead atoms. The predicted octanol–water partition coefficient (Wildman–Crippen LogP) is 0.922. The maximum absolute atomic E-state index is 12.5. The van der Waals surface area contributed by atoms with Crippen molar-refractivity contribution < 1.29 is 14.3 Å². The van der Waals surface area contributed by atoms with E-state index in [1.165, 1.54) is 30.1 Å². The maximum Gasteiger partial charge on any atom is 0.333 e. The monoisotopic (exact) mass is 439 g/mol. The first-order chi connectivity index (χ1) is 13.7. The van der Waals surface area contributed by atoms with Crippen molar-refractivity contribution in [2.75, 3.05) is 11.9 Å². The van der Waals surface area contributed by atoms with E-state index in [1.807, 2.05) is 0 Å². The summed E-state index contributed by atoms with van der Waals surface area (Å²) in [6, 6.07) is 4.50. The Kier molecular flexibility index (Phi) is 5.76. The SMILES string of the molecule is Cn1cnc2c1c(=O)n(CC(=O)OCC(=O)Nc1cc(Cl)ccc1Cl)c(=O)n2C. The smallest absolute Gasteiger partial charge is 0.333 e. The lowest BCUT2D eigenvalue weighted by Crippen LogP contribution is -2.41. The molecular weight excluding hydrogens is 425 g/mol. The number of aromatic nitrogens is 4. The second-order valence-electron chi connectivity index (χ2n) is 6.09. The number of ether oxygens (including phenoxy) is 1. The van der Waals surface area contributed by atoms with E-state index < -0.39 is 36.3 Å². The largest absolute Gasteiger partial charge is 0.454 e. The Morgan fingerprint density at radius 2 is 1.93 bits per heavy atom. The highest BCUT2D eigenvalue weighted by atomic mass is 35.5. The van der Waals surface area contributed by atoms with Crippen LogP contribution in [0.25, 0.3) is 11.2 Å². The lowest BCUT2D eigenvalue weighted by molar-refractivity contribution is -0.148. The van der Waals surface area contributed by atoms with Crippen LogP contribution in [-0.2, 0) is 35.0 Å². The molecule has 1 aromatic carbocycles. The van der Waals surface area contributed by atoms with Crippen LogP contribution in [0.4, 0.5) is 5.69 Å². The average molecular weight is 440 g/mol. The minimum atomic E-state index is -0.932. The first-order valence-corrected chi connectivity index (χ1v) is 8.96. The Morgan fingerprint density at radius 1 is 1.21 bits per heavy atom. The molecule has 0 fully saturated rings. The molecular formula is C17H15Cl2N5O5. The molecule has 0 unspecified atom stereocenters. The molecule has 0 saturated carbocycles. The highest BCUT2D eigenvalue weighted by molar-refractivity contribution is 6.35. The molecule has 12 heteroatoms. The number of hydrogen-bond donors (Lipinski definition) is 1. The molecule has 0 radical (unpaired) electrons. The third-order valence-electron chi connectivity index (χ3n) is 4.05. The van der Waals surface area contributed by atoms with Gasteiger partial charge in [-0.05, 0) is 18.2 Å². The Balaban J connectivity index is 1.71. The number of fused-ring (bicyclic) bond motifs is 1. The van der Waals surface area contributed by atoms with Gasteiger partial charge < -0.3 is 14.6 Å². The molecule has 0 aliphatic heterocycles. The second kappa shape index (κ2) is 8.10. The van der Waals surface area contributed by atoms with Crippen molar-refractivity contribution in [3.63, 3.8) is 0 Å². The second-order valence-corrected chi connectivity index (χ2v) is 6.94. The van der Waals surface area contributed by atoms with E-state index in [9.17, 15) is 19.2 Å². The minimum Gasteiger partial charge on any atom is -0.454 e. The zero-order chi connectivity index (χ0) is 21.3. The van der Waals surface area contributed by atoms with E-state index in [-0.39, 0.29) is 21.9 Å². The zero-order valence-electron chi connectivity index (χ0n) is 15.3. The van der Waals surface area contributed by atoms with Crippen molar-refractivity contribution >= 4 is 51.9 Å². The molecule has 1 amide bonds. The van der Waals surface area contributed by atoms with Crippen molar-refractivity contribution in [2.45, 2.75) is 6.54 Å². The summed E-state index contributed by atoms with van der Waals surface area (Å²) in [5.74, 6) is -1.59. The minimum absolute atomic E-state index is 0.160. The Morgan fingerprint density at radius 3 is 2.66 bits per heavy atom. The number of esters is 1. The summed E-state index contributed by atoms with van der Waals surface area (Å²) < 4.78 is 8.18. The normalized spacial score (nSPS) is 10.9. The number of benzene rings is 1. The zero-order valence-corrected chi connectivity index (χ0v) is 16.8. The van der Waals surface area contributed by atoms with Crippen molar-refractivity contribution in [3.8, 4) is 0 Å². The Bertz CT molecular complexity index is 1240. The van der Waals surface area contributed by atoms with Crippen LogP contribution in [0.3, 0.4) is 0 Å². The van der Waals surface area contributed by atoms with Gasteiger partial charge in [-0.1, -0.05) is 23.2 Å². The standard InChI is InChI=1S/C17H15Cl2N5O5/c1-22-8-20-15-14(22)16(27)24(17(28)23(15)2)6-13(26)29-7-12(25)21-11-5-9(18)3-4-10(11)19/h3-5,8H,6-7H2,1-2H3,(H,21,25). The van der Waals surface area contributed by atoms with E-state index in [4.69, 9.17) is 27.9 Å². The number of amides is 1. The van der Waals surface area contributed by atoms with Gasteiger partial charge in [0, 0.05) is 19.1 Å². The lowest BCUT2D eigenvalue weighted by atomic mass is 10.3. The molecule has 3 rings (SSSR count). The van der Waals surface area contributed by atoms with E-state index in [2.05, 4.69) is 10.3 Å². The van der Waals surface area contributed by atoms with Crippen molar-refractivity contribution in [1.29, 1.82) is 0 Å². The molecule has 2 heterocycles. The van der Waals surface area contributed by atoms with Gasteiger partial charge in [0.15, 0.2) is 17.8 Å². The topological polar surface area (TPSA) is 117 Å². The number of aryl methyl sites for hydroxylation is 2. The van der Waals surface area contributed by atoms with Crippen LogP contribution in [0.15, 0.2) is 34.1 Å². The number of imidazole rings is 1. The number of carbonyl (C=O) groups excluding carboxylic acids is 2. The summed E-state index contributed by atoms with van der Waals surface area (Å²) in [5, 5.41) is 3.07.